The number of benzene rings is 2. The molecule has 0 unspecified atom stereocenters. The van der Waals surface area contributed by atoms with E-state index in [1.165, 1.54) is 12.1 Å². The Bertz CT molecular complexity index is 1350. The summed E-state index contributed by atoms with van der Waals surface area (Å²) in [6.45, 7) is 6.25. The summed E-state index contributed by atoms with van der Waals surface area (Å²) < 4.78 is 19.3. The average molecular weight is 467 g/mol. The third-order valence-electron chi connectivity index (χ3n) is 7.50. The summed E-state index contributed by atoms with van der Waals surface area (Å²) in [5.41, 5.74) is 10.8. The van der Waals surface area contributed by atoms with Gasteiger partial charge in [0.05, 0.1) is 23.4 Å². The van der Waals surface area contributed by atoms with E-state index in [4.69, 9.17) is 10.5 Å². The summed E-state index contributed by atoms with van der Waals surface area (Å²) in [6, 6.07) is 14.6. The molecule has 4 rings (SSSR count). The fourth-order valence-electron chi connectivity index (χ4n) is 5.82. The molecule has 0 fully saturated rings. The number of nitrogens with zero attached hydrogens (tertiary/aromatic N) is 3. The molecule has 2 atom stereocenters. The van der Waals surface area contributed by atoms with Gasteiger partial charge in [0.1, 0.15) is 24.2 Å². The highest BCUT2D eigenvalue weighted by atomic mass is 19.1. The van der Waals surface area contributed by atoms with Crippen LogP contribution in [0.15, 0.2) is 53.3 Å². The number of halogens is 1. The lowest BCUT2D eigenvalue weighted by Crippen LogP contribution is -2.43. The average Bonchev–Trinajstić information content (AvgIpc) is 2.85. The van der Waals surface area contributed by atoms with Crippen LogP contribution in [0.5, 0.6) is 5.75 Å². The lowest BCUT2D eigenvalue weighted by atomic mass is 9.55. The molecule has 6 heteroatoms. The van der Waals surface area contributed by atoms with Crippen molar-refractivity contribution in [2.24, 2.45) is 17.1 Å². The summed E-state index contributed by atoms with van der Waals surface area (Å²) in [4.78, 5) is 0. The summed E-state index contributed by atoms with van der Waals surface area (Å²) in [7, 11) is 0. The van der Waals surface area contributed by atoms with Gasteiger partial charge in [0.25, 0.3) is 0 Å². The minimum Gasteiger partial charge on any atom is -0.489 e. The third kappa shape index (κ3) is 3.84. The van der Waals surface area contributed by atoms with Crippen LogP contribution in [0.1, 0.15) is 53.0 Å². The Morgan fingerprint density at radius 3 is 2.40 bits per heavy atom. The normalized spacial score (nSPS) is 20.7. The van der Waals surface area contributed by atoms with Crippen molar-refractivity contribution < 1.29 is 9.13 Å². The van der Waals surface area contributed by atoms with Crippen LogP contribution < -0.4 is 10.5 Å². The summed E-state index contributed by atoms with van der Waals surface area (Å²) in [6.07, 6.45) is 4.57. The number of hydrogen-bond acceptors (Lipinski definition) is 5. The van der Waals surface area contributed by atoms with Gasteiger partial charge in [-0.25, -0.2) is 4.39 Å². The van der Waals surface area contributed by atoms with Gasteiger partial charge in [-0.2, -0.15) is 15.8 Å². The Balaban J connectivity index is 1.89. The number of rotatable bonds is 4. The standard InChI is InChI=1S/C29H27FN4O/c1-17-12-18(2)26(19(3)25(17)14-35-21-10-8-20(30)9-11-21)27-23-7-5-4-6-22(23)24(13-31)28(34)29(27,15-32)16-33/h6,8-12,23,27H,4-5,7,14,34H2,1-3H3/t23-,27+/m1/s1. The second-order valence-corrected chi connectivity index (χ2v) is 9.38. The monoisotopic (exact) mass is 466 g/mol. The maximum atomic E-state index is 13.3. The van der Waals surface area contributed by atoms with Crippen LogP contribution in [0.2, 0.25) is 0 Å². The Hall–Kier alpha value is -4.08. The smallest absolute Gasteiger partial charge is 0.191 e. The highest BCUT2D eigenvalue weighted by molar-refractivity contribution is 5.61. The van der Waals surface area contributed by atoms with Gasteiger partial charge in [-0.3, -0.25) is 0 Å². The highest BCUT2D eigenvalue weighted by Gasteiger charge is 2.54. The molecule has 2 aromatic rings. The molecule has 2 N–H and O–H groups in total. The quantitative estimate of drug-likeness (QED) is 0.601. The molecule has 35 heavy (non-hydrogen) atoms. The van der Waals surface area contributed by atoms with E-state index in [1.54, 1.807) is 12.1 Å². The lowest BCUT2D eigenvalue weighted by Gasteiger charge is -2.44. The molecular formula is C29H27FN4O. The summed E-state index contributed by atoms with van der Waals surface area (Å²) in [5.74, 6) is -0.443. The van der Waals surface area contributed by atoms with E-state index in [9.17, 15) is 20.2 Å². The first-order valence-electron chi connectivity index (χ1n) is 11.7. The lowest BCUT2D eigenvalue weighted by molar-refractivity contribution is 0.300. The van der Waals surface area contributed by atoms with Crippen LogP contribution in [-0.4, -0.2) is 0 Å². The Kier molecular flexibility index (Phi) is 6.38. The van der Waals surface area contributed by atoms with E-state index >= 15 is 0 Å². The van der Waals surface area contributed by atoms with Crippen LogP contribution >= 0.6 is 0 Å². The van der Waals surface area contributed by atoms with E-state index in [0.29, 0.717) is 5.75 Å². The molecule has 0 radical (unpaired) electrons. The van der Waals surface area contributed by atoms with Crippen LogP contribution in [0.3, 0.4) is 0 Å². The van der Waals surface area contributed by atoms with Gasteiger partial charge in [0, 0.05) is 5.92 Å². The molecule has 0 bridgehead atoms. The number of hydrogen-bond donors (Lipinski definition) is 1. The number of aryl methyl sites for hydroxylation is 2. The van der Waals surface area contributed by atoms with E-state index in [1.807, 2.05) is 26.8 Å². The van der Waals surface area contributed by atoms with Gasteiger partial charge in [-0.05, 0) is 104 Å². The fourth-order valence-corrected chi connectivity index (χ4v) is 5.82. The van der Waals surface area contributed by atoms with Gasteiger partial charge in [-0.1, -0.05) is 12.1 Å². The highest BCUT2D eigenvalue weighted by Crippen LogP contribution is 2.57. The molecular weight excluding hydrogens is 439 g/mol. The van der Waals surface area contributed by atoms with E-state index < -0.39 is 11.3 Å². The van der Waals surface area contributed by atoms with Crippen molar-refractivity contribution in [3.05, 3.63) is 86.9 Å². The molecule has 0 aromatic heterocycles. The molecule has 2 aliphatic carbocycles. The number of nitriles is 3. The molecule has 0 amide bonds. The summed E-state index contributed by atoms with van der Waals surface area (Å²) in [5, 5.41) is 30.6. The molecule has 0 aliphatic heterocycles. The minimum atomic E-state index is -1.65. The Labute approximate surface area is 205 Å². The van der Waals surface area contributed by atoms with E-state index in [-0.39, 0.29) is 29.6 Å². The first-order chi connectivity index (χ1) is 16.8. The van der Waals surface area contributed by atoms with Crippen molar-refractivity contribution in [3.63, 3.8) is 0 Å². The van der Waals surface area contributed by atoms with Crippen molar-refractivity contribution in [2.45, 2.75) is 52.6 Å². The molecule has 176 valence electrons. The second-order valence-electron chi connectivity index (χ2n) is 9.38. The van der Waals surface area contributed by atoms with Gasteiger partial charge in [0.2, 0.25) is 0 Å². The van der Waals surface area contributed by atoms with Gasteiger partial charge in [0.15, 0.2) is 5.41 Å². The van der Waals surface area contributed by atoms with Crippen LogP contribution in [-0.2, 0) is 6.61 Å². The van der Waals surface area contributed by atoms with Crippen molar-refractivity contribution in [2.75, 3.05) is 0 Å². The van der Waals surface area contributed by atoms with Crippen LogP contribution in [0.25, 0.3) is 0 Å². The zero-order valence-corrected chi connectivity index (χ0v) is 20.2. The van der Waals surface area contributed by atoms with Crippen molar-refractivity contribution in [1.29, 1.82) is 15.8 Å². The number of fused-ring (bicyclic) bond motifs is 1. The fraction of sp³-hybridized carbons (Fsp3) is 0.345. The zero-order chi connectivity index (χ0) is 25.3. The largest absolute Gasteiger partial charge is 0.489 e. The third-order valence-corrected chi connectivity index (χ3v) is 7.50. The maximum absolute atomic E-state index is 13.3. The van der Waals surface area contributed by atoms with Crippen molar-refractivity contribution >= 4 is 0 Å². The molecule has 0 heterocycles. The minimum absolute atomic E-state index is 0.0443. The first-order valence-corrected chi connectivity index (χ1v) is 11.7. The second kappa shape index (κ2) is 9.28. The molecule has 2 aromatic carbocycles. The predicted molar refractivity (Wildman–Crippen MR) is 130 cm³/mol. The van der Waals surface area contributed by atoms with Gasteiger partial charge in [-0.15, -0.1) is 0 Å². The number of allylic oxidation sites excluding steroid dienone is 4. The molecule has 0 saturated carbocycles. The topological polar surface area (TPSA) is 107 Å². The number of ether oxygens (including phenoxy) is 1. The molecule has 0 spiro atoms. The Morgan fingerprint density at radius 1 is 1.09 bits per heavy atom. The zero-order valence-electron chi connectivity index (χ0n) is 20.2. The number of nitrogens with two attached hydrogens (primary N) is 1. The van der Waals surface area contributed by atoms with E-state index in [2.05, 4.69) is 24.3 Å². The maximum Gasteiger partial charge on any atom is 0.191 e. The molecule has 0 saturated heterocycles. The van der Waals surface area contributed by atoms with Crippen molar-refractivity contribution in [3.8, 4) is 24.0 Å². The Morgan fingerprint density at radius 2 is 1.77 bits per heavy atom. The summed E-state index contributed by atoms with van der Waals surface area (Å²) >= 11 is 0. The predicted octanol–water partition coefficient (Wildman–Crippen LogP) is 5.92. The van der Waals surface area contributed by atoms with Crippen molar-refractivity contribution in [1.82, 2.24) is 0 Å². The SMILES string of the molecule is Cc1cc(C)c([C@@H]2[C@@H]3CCCC=C3C(C#N)=C(N)C2(C#N)C#N)c(C)c1COc1ccc(F)cc1. The van der Waals surface area contributed by atoms with Gasteiger partial charge < -0.3 is 10.5 Å². The van der Waals surface area contributed by atoms with Crippen LogP contribution in [0, 0.1) is 71.9 Å². The van der Waals surface area contributed by atoms with Gasteiger partial charge >= 0.3 is 0 Å². The molecule has 5 nitrogen and oxygen atoms in total. The van der Waals surface area contributed by atoms with Crippen LogP contribution in [0.4, 0.5) is 4.39 Å². The molecule has 2 aliphatic rings. The first kappa shape index (κ1) is 24.1. The van der Waals surface area contributed by atoms with E-state index in [0.717, 1.165) is 52.7 Å².